The molecule has 2 N–H and O–H groups in total. The Labute approximate surface area is 309 Å². The summed E-state index contributed by atoms with van der Waals surface area (Å²) in [5.74, 6) is -0.643. The summed E-state index contributed by atoms with van der Waals surface area (Å²) >= 11 is 0. The molecule has 0 saturated heterocycles. The number of rotatable bonds is 13. The van der Waals surface area contributed by atoms with Crippen LogP contribution in [0, 0.1) is 0 Å². The summed E-state index contributed by atoms with van der Waals surface area (Å²) < 4.78 is 30.0. The summed E-state index contributed by atoms with van der Waals surface area (Å²) in [6, 6.07) is 8.72. The summed E-state index contributed by atoms with van der Waals surface area (Å²) in [7, 11) is -2.36. The van der Waals surface area contributed by atoms with Crippen molar-refractivity contribution in [3.05, 3.63) is 36.0 Å². The summed E-state index contributed by atoms with van der Waals surface area (Å²) in [6.45, 7) is 25.9. The number of carboxylic acid groups (broad SMARTS) is 1. The van der Waals surface area contributed by atoms with Crippen LogP contribution in [0.25, 0.3) is 11.3 Å². The van der Waals surface area contributed by atoms with Gasteiger partial charge in [-0.25, -0.2) is 24.1 Å². The molecule has 0 fully saturated rings. The van der Waals surface area contributed by atoms with E-state index in [4.69, 9.17) is 28.5 Å². The van der Waals surface area contributed by atoms with Gasteiger partial charge in [-0.1, -0.05) is 20.8 Å². The van der Waals surface area contributed by atoms with E-state index in [1.807, 2.05) is 33.9 Å². The Kier molecular flexibility index (Phi) is 14.5. The SMILES string of the molecule is CC(C)(C)OC(=O)NCCCn1nc(-c2ccc(OCC(O[Si](C)(C)C(C)(C)C)C(=O)O)cc2)cc1CN(C(=O)OC(C)(C)C)C(=O)OC(C)(C)C. The monoisotopic (exact) mass is 748 g/mol. The smallest absolute Gasteiger partial charge is 0.420 e. The van der Waals surface area contributed by atoms with Crippen molar-refractivity contribution in [2.45, 2.75) is 144 Å². The number of carbonyl (C=O) groups excluding carboxylic acids is 3. The van der Waals surface area contributed by atoms with E-state index < -0.39 is 55.5 Å². The van der Waals surface area contributed by atoms with Crippen LogP contribution in [0.5, 0.6) is 5.75 Å². The molecule has 1 heterocycles. The van der Waals surface area contributed by atoms with Crippen LogP contribution in [0.4, 0.5) is 14.4 Å². The highest BCUT2D eigenvalue weighted by Gasteiger charge is 2.41. The highest BCUT2D eigenvalue weighted by molar-refractivity contribution is 6.74. The molecule has 1 unspecified atom stereocenters. The van der Waals surface area contributed by atoms with Crippen molar-refractivity contribution in [3.8, 4) is 17.0 Å². The van der Waals surface area contributed by atoms with Crippen LogP contribution in [0.15, 0.2) is 30.3 Å². The number of carboxylic acids is 1. The second kappa shape index (κ2) is 17.1. The number of imide groups is 1. The Hall–Kier alpha value is -4.11. The van der Waals surface area contributed by atoms with Crippen LogP contribution in [0.3, 0.4) is 0 Å². The molecule has 0 radical (unpaired) electrons. The molecular weight excluding hydrogens is 689 g/mol. The molecule has 292 valence electrons. The summed E-state index contributed by atoms with van der Waals surface area (Å²) in [6.07, 6.45) is -2.96. The predicted octanol–water partition coefficient (Wildman–Crippen LogP) is 7.99. The van der Waals surface area contributed by atoms with Crippen molar-refractivity contribution in [2.24, 2.45) is 0 Å². The number of amides is 3. The first-order valence-corrected chi connectivity index (χ1v) is 20.4. The Balaban J connectivity index is 2.38. The van der Waals surface area contributed by atoms with E-state index in [0.29, 0.717) is 35.7 Å². The lowest BCUT2D eigenvalue weighted by atomic mass is 10.1. The lowest BCUT2D eigenvalue weighted by molar-refractivity contribution is -0.147. The first-order valence-electron chi connectivity index (χ1n) is 17.5. The molecule has 0 spiro atoms. The molecule has 3 amide bonds. The van der Waals surface area contributed by atoms with Crippen LogP contribution < -0.4 is 10.1 Å². The lowest BCUT2D eigenvalue weighted by Crippen LogP contribution is -2.47. The first kappa shape index (κ1) is 44.0. The zero-order valence-electron chi connectivity index (χ0n) is 33.5. The Bertz CT molecular complexity index is 1500. The third-order valence-electron chi connectivity index (χ3n) is 7.70. The van der Waals surface area contributed by atoms with Gasteiger partial charge >= 0.3 is 24.2 Å². The van der Waals surface area contributed by atoms with Gasteiger partial charge in [-0.15, -0.1) is 0 Å². The predicted molar refractivity (Wildman–Crippen MR) is 200 cm³/mol. The minimum Gasteiger partial charge on any atom is -0.490 e. The molecule has 0 aliphatic rings. The van der Waals surface area contributed by atoms with Crippen LogP contribution in [-0.2, 0) is 36.5 Å². The number of alkyl carbamates (subject to hydrolysis) is 1. The zero-order chi connectivity index (χ0) is 39.9. The molecule has 52 heavy (non-hydrogen) atoms. The summed E-state index contributed by atoms with van der Waals surface area (Å²) in [4.78, 5) is 51.7. The number of benzene rings is 1. The highest BCUT2D eigenvalue weighted by atomic mass is 28.4. The molecule has 2 rings (SSSR count). The number of hydrogen-bond acceptors (Lipinski definition) is 10. The topological polar surface area (TPSA) is 168 Å². The van der Waals surface area contributed by atoms with Gasteiger partial charge in [-0.2, -0.15) is 5.10 Å². The number of aryl methyl sites for hydroxylation is 1. The maximum Gasteiger partial charge on any atom is 0.420 e. The van der Waals surface area contributed by atoms with E-state index in [1.54, 1.807) is 97.3 Å². The standard InChI is InChI=1S/C37H60N4O10Si/c1-34(2,3)48-31(44)38-20-15-21-41-26(23-40(32(45)49-35(4,5)6)33(46)50-36(7,8)9)22-28(39-41)25-16-18-27(19-17-25)47-24-29(30(42)43)51-52(13,14)37(10,11)12/h16-19,22,29H,15,20-21,23-24H2,1-14H3,(H,38,44)(H,42,43). The molecule has 1 atom stereocenters. The van der Waals surface area contributed by atoms with E-state index in [0.717, 1.165) is 4.90 Å². The minimum atomic E-state index is -2.36. The average molecular weight is 749 g/mol. The number of carbonyl (C=O) groups is 4. The van der Waals surface area contributed by atoms with Gasteiger partial charge in [-0.05, 0) is 117 Å². The first-order chi connectivity index (χ1) is 23.6. The third-order valence-corrected chi connectivity index (χ3v) is 12.2. The molecule has 0 aliphatic heterocycles. The summed E-state index contributed by atoms with van der Waals surface area (Å²) in [5.41, 5.74) is -0.635. The molecule has 1 aromatic carbocycles. The molecule has 14 nitrogen and oxygen atoms in total. The number of nitrogens with one attached hydrogen (secondary N) is 1. The average Bonchev–Trinajstić information content (AvgIpc) is 3.35. The molecular formula is C37H60N4O10Si. The molecule has 15 heteroatoms. The van der Waals surface area contributed by atoms with Crippen LogP contribution in [-0.4, -0.2) is 88.4 Å². The zero-order valence-corrected chi connectivity index (χ0v) is 34.5. The molecule has 1 aromatic heterocycles. The fourth-order valence-corrected chi connectivity index (χ4v) is 5.47. The number of aromatic nitrogens is 2. The van der Waals surface area contributed by atoms with Gasteiger partial charge in [0.05, 0.1) is 17.9 Å². The Morgan fingerprint density at radius 1 is 0.846 bits per heavy atom. The van der Waals surface area contributed by atoms with Crippen LogP contribution >= 0.6 is 0 Å². The van der Waals surface area contributed by atoms with Crippen molar-refractivity contribution in [3.63, 3.8) is 0 Å². The van der Waals surface area contributed by atoms with Gasteiger partial charge in [0, 0.05) is 18.7 Å². The number of aliphatic carboxylic acids is 1. The van der Waals surface area contributed by atoms with Crippen molar-refractivity contribution in [1.29, 1.82) is 0 Å². The number of nitrogens with zero attached hydrogens (tertiary/aromatic N) is 3. The van der Waals surface area contributed by atoms with E-state index in [9.17, 15) is 24.3 Å². The fraction of sp³-hybridized carbons (Fsp3) is 0.649. The second-order valence-corrected chi connectivity index (χ2v) is 21.9. The van der Waals surface area contributed by atoms with Crippen molar-refractivity contribution in [1.82, 2.24) is 20.0 Å². The maximum absolute atomic E-state index is 13.3. The van der Waals surface area contributed by atoms with Gasteiger partial charge < -0.3 is 33.8 Å². The number of hydrogen-bond donors (Lipinski definition) is 2. The molecule has 0 bridgehead atoms. The van der Waals surface area contributed by atoms with Crippen molar-refractivity contribution in [2.75, 3.05) is 13.2 Å². The Morgan fingerprint density at radius 3 is 1.83 bits per heavy atom. The third kappa shape index (κ3) is 14.9. The van der Waals surface area contributed by atoms with Gasteiger partial charge in [0.2, 0.25) is 0 Å². The molecule has 2 aromatic rings. The maximum atomic E-state index is 13.3. The highest BCUT2D eigenvalue weighted by Crippen LogP contribution is 2.37. The van der Waals surface area contributed by atoms with Gasteiger partial charge in [0.15, 0.2) is 14.4 Å². The normalized spacial score (nSPS) is 13.2. The van der Waals surface area contributed by atoms with E-state index in [2.05, 4.69) is 5.32 Å². The van der Waals surface area contributed by atoms with Crippen molar-refractivity contribution >= 4 is 32.6 Å². The quantitative estimate of drug-likeness (QED) is 0.116. The van der Waals surface area contributed by atoms with Gasteiger partial charge in [0.1, 0.15) is 29.2 Å². The van der Waals surface area contributed by atoms with Crippen LogP contribution in [0.1, 0.15) is 95.2 Å². The summed E-state index contributed by atoms with van der Waals surface area (Å²) in [5, 5.41) is 17.1. The largest absolute Gasteiger partial charge is 0.490 e. The van der Waals surface area contributed by atoms with Crippen molar-refractivity contribution < 1.29 is 47.7 Å². The molecule has 0 aliphatic carbocycles. The Morgan fingerprint density at radius 2 is 1.37 bits per heavy atom. The van der Waals surface area contributed by atoms with E-state index in [1.165, 1.54) is 0 Å². The molecule has 0 saturated carbocycles. The minimum absolute atomic E-state index is 0.164. The second-order valence-electron chi connectivity index (χ2n) is 17.1. The van der Waals surface area contributed by atoms with Crippen LogP contribution in [0.2, 0.25) is 18.1 Å². The fourth-order valence-electron chi connectivity index (χ4n) is 4.23. The van der Waals surface area contributed by atoms with Gasteiger partial charge in [0.25, 0.3) is 0 Å². The van der Waals surface area contributed by atoms with E-state index >= 15 is 0 Å². The van der Waals surface area contributed by atoms with E-state index in [-0.39, 0.29) is 24.7 Å². The number of ether oxygens (including phenoxy) is 4. The lowest BCUT2D eigenvalue weighted by Gasteiger charge is -2.38. The van der Waals surface area contributed by atoms with Gasteiger partial charge in [-0.3, -0.25) is 4.68 Å².